The van der Waals surface area contributed by atoms with E-state index in [-0.39, 0.29) is 25.0 Å². The summed E-state index contributed by atoms with van der Waals surface area (Å²) in [6, 6.07) is 4.97. The highest BCUT2D eigenvalue weighted by Gasteiger charge is 2.50. The Balaban J connectivity index is 2.00. The van der Waals surface area contributed by atoms with Crippen molar-refractivity contribution in [3.8, 4) is 11.5 Å². The number of hydrogen-bond donors (Lipinski definition) is 1. The summed E-state index contributed by atoms with van der Waals surface area (Å²) in [4.78, 5) is 28.4. The Hall–Kier alpha value is -2.33. The molecule has 0 bridgehead atoms. The second kappa shape index (κ2) is 10.3. The molecule has 0 radical (unpaired) electrons. The number of benzene rings is 1. The Bertz CT molecular complexity index is 952. The van der Waals surface area contributed by atoms with Crippen LogP contribution in [0.15, 0.2) is 18.2 Å². The molecule has 0 unspecified atom stereocenters. The maximum absolute atomic E-state index is 13.7. The molecular formula is C23H35N3O6S. The summed E-state index contributed by atoms with van der Waals surface area (Å²) in [7, 11) is -0.677. The van der Waals surface area contributed by atoms with Crippen LogP contribution in [0.5, 0.6) is 11.5 Å². The first kappa shape index (κ1) is 25.3. The predicted molar refractivity (Wildman–Crippen MR) is 126 cm³/mol. The van der Waals surface area contributed by atoms with Gasteiger partial charge in [0.2, 0.25) is 21.8 Å². The van der Waals surface area contributed by atoms with Gasteiger partial charge in [-0.1, -0.05) is 32.1 Å². The quantitative estimate of drug-likeness (QED) is 0.669. The van der Waals surface area contributed by atoms with E-state index >= 15 is 0 Å². The van der Waals surface area contributed by atoms with Crippen molar-refractivity contribution in [1.29, 1.82) is 0 Å². The molecule has 1 aromatic carbocycles. The second-order valence-corrected chi connectivity index (χ2v) is 11.1. The van der Waals surface area contributed by atoms with Gasteiger partial charge in [0.05, 0.1) is 32.7 Å². The number of methoxy groups -OCH3 is 2. The number of amides is 2. The van der Waals surface area contributed by atoms with Gasteiger partial charge in [-0.2, -0.15) is 4.31 Å². The molecule has 1 saturated carbocycles. The summed E-state index contributed by atoms with van der Waals surface area (Å²) in [6.45, 7) is 1.13. The Labute approximate surface area is 196 Å². The van der Waals surface area contributed by atoms with Gasteiger partial charge in [-0.3, -0.25) is 14.5 Å². The molecule has 3 rings (SSSR count). The fraction of sp³-hybridized carbons (Fsp3) is 0.652. The van der Waals surface area contributed by atoms with Gasteiger partial charge < -0.3 is 14.8 Å². The molecule has 1 N–H and O–H groups in total. The number of piperazine rings is 1. The lowest BCUT2D eigenvalue weighted by Crippen LogP contribution is -2.70. The highest BCUT2D eigenvalue weighted by atomic mass is 32.2. The fourth-order valence-electron chi connectivity index (χ4n) is 4.67. The minimum Gasteiger partial charge on any atom is -0.497 e. The van der Waals surface area contributed by atoms with E-state index in [0.29, 0.717) is 17.2 Å². The standard InChI is InChI=1S/C23H35N3O6S/c1-23(22(28)24-17-10-8-6-5-7-9-11-17)16-25(33(4,29)30)15-21(27)26(23)18-12-19(31-2)14-20(13-18)32-3/h12-14,17H,5-11,15-16H2,1-4H3,(H,24,28)/t23-/m0/s1. The van der Waals surface area contributed by atoms with Crippen molar-refractivity contribution in [1.82, 2.24) is 9.62 Å². The Morgan fingerprint density at radius 1 is 1.03 bits per heavy atom. The van der Waals surface area contributed by atoms with Gasteiger partial charge in [-0.25, -0.2) is 8.42 Å². The van der Waals surface area contributed by atoms with Crippen LogP contribution in [-0.2, 0) is 19.6 Å². The van der Waals surface area contributed by atoms with E-state index in [9.17, 15) is 18.0 Å². The summed E-state index contributed by atoms with van der Waals surface area (Å²) in [5, 5.41) is 3.13. The molecule has 1 aromatic rings. The highest BCUT2D eigenvalue weighted by molar-refractivity contribution is 7.88. The van der Waals surface area contributed by atoms with Crippen LogP contribution >= 0.6 is 0 Å². The van der Waals surface area contributed by atoms with Crippen LogP contribution in [0.25, 0.3) is 0 Å². The Morgan fingerprint density at radius 2 is 1.58 bits per heavy atom. The van der Waals surface area contributed by atoms with E-state index in [0.717, 1.165) is 49.1 Å². The van der Waals surface area contributed by atoms with Gasteiger partial charge in [0.1, 0.15) is 17.0 Å². The van der Waals surface area contributed by atoms with E-state index < -0.39 is 21.5 Å². The number of nitrogens with zero attached hydrogens (tertiary/aromatic N) is 2. The average Bonchev–Trinajstić information content (AvgIpc) is 2.73. The van der Waals surface area contributed by atoms with Gasteiger partial charge in [0, 0.05) is 30.8 Å². The molecule has 0 spiro atoms. The summed E-state index contributed by atoms with van der Waals surface area (Å²) in [5.74, 6) is 0.0739. The molecule has 1 saturated heterocycles. The second-order valence-electron chi connectivity index (χ2n) is 9.12. The van der Waals surface area contributed by atoms with Crippen molar-refractivity contribution in [3.63, 3.8) is 0 Å². The van der Waals surface area contributed by atoms with Crippen LogP contribution in [0, 0.1) is 0 Å². The molecule has 1 heterocycles. The lowest BCUT2D eigenvalue weighted by Gasteiger charge is -2.47. The van der Waals surface area contributed by atoms with Crippen LogP contribution in [0.3, 0.4) is 0 Å². The van der Waals surface area contributed by atoms with Crippen molar-refractivity contribution in [3.05, 3.63) is 18.2 Å². The average molecular weight is 482 g/mol. The number of nitrogens with one attached hydrogen (secondary N) is 1. The largest absolute Gasteiger partial charge is 0.497 e. The first-order valence-electron chi connectivity index (χ1n) is 11.4. The summed E-state index contributed by atoms with van der Waals surface area (Å²) in [5.41, 5.74) is -1.03. The third-order valence-corrected chi connectivity index (χ3v) is 7.73. The molecule has 1 atom stereocenters. The lowest BCUT2D eigenvalue weighted by molar-refractivity contribution is -0.133. The third-order valence-electron chi connectivity index (χ3n) is 6.53. The Morgan fingerprint density at radius 3 is 2.09 bits per heavy atom. The number of carbonyl (C=O) groups is 2. The number of hydrogen-bond acceptors (Lipinski definition) is 6. The van der Waals surface area contributed by atoms with Crippen molar-refractivity contribution in [2.45, 2.75) is 63.5 Å². The van der Waals surface area contributed by atoms with Gasteiger partial charge in [-0.15, -0.1) is 0 Å². The van der Waals surface area contributed by atoms with Crippen LogP contribution in [0.4, 0.5) is 5.69 Å². The van der Waals surface area contributed by atoms with Crippen molar-refractivity contribution >= 4 is 27.5 Å². The SMILES string of the molecule is COc1cc(OC)cc(N2C(=O)CN(S(C)(=O)=O)C[C@@]2(C)C(=O)NC2CCCCCCC2)c1. The minimum absolute atomic E-state index is 0.0000304. The first-order valence-corrected chi connectivity index (χ1v) is 13.3. The molecule has 33 heavy (non-hydrogen) atoms. The van der Waals surface area contributed by atoms with Crippen LogP contribution < -0.4 is 19.7 Å². The molecule has 9 nitrogen and oxygen atoms in total. The zero-order valence-electron chi connectivity index (χ0n) is 19.9. The third kappa shape index (κ3) is 5.78. The summed E-state index contributed by atoms with van der Waals surface area (Å²) >= 11 is 0. The van der Waals surface area contributed by atoms with Gasteiger partial charge in [0.25, 0.3) is 0 Å². The molecule has 1 aliphatic carbocycles. The van der Waals surface area contributed by atoms with Crippen LogP contribution in [0.1, 0.15) is 51.9 Å². The Kier molecular flexibility index (Phi) is 7.89. The monoisotopic (exact) mass is 481 g/mol. The zero-order chi connectivity index (χ0) is 24.2. The van der Waals surface area contributed by atoms with E-state index in [1.807, 2.05) is 0 Å². The van der Waals surface area contributed by atoms with Gasteiger partial charge in [0.15, 0.2) is 0 Å². The smallest absolute Gasteiger partial charge is 0.247 e. The summed E-state index contributed by atoms with van der Waals surface area (Å²) < 4.78 is 36.5. The minimum atomic E-state index is -3.68. The highest BCUT2D eigenvalue weighted by Crippen LogP contribution is 2.36. The van der Waals surface area contributed by atoms with Crippen molar-refractivity contribution in [2.75, 3.05) is 38.5 Å². The molecule has 184 valence electrons. The van der Waals surface area contributed by atoms with E-state index in [1.54, 1.807) is 25.1 Å². The topological polar surface area (TPSA) is 105 Å². The first-order chi connectivity index (χ1) is 15.6. The van der Waals surface area contributed by atoms with E-state index in [2.05, 4.69) is 5.32 Å². The number of carbonyl (C=O) groups excluding carboxylic acids is 2. The normalized spacial score (nSPS) is 23.5. The fourth-order valence-corrected chi connectivity index (χ4v) is 5.50. The maximum Gasteiger partial charge on any atom is 0.247 e. The van der Waals surface area contributed by atoms with E-state index in [1.165, 1.54) is 25.5 Å². The molecule has 0 aromatic heterocycles. The number of sulfonamides is 1. The summed E-state index contributed by atoms with van der Waals surface area (Å²) in [6.07, 6.45) is 8.36. The van der Waals surface area contributed by atoms with Gasteiger partial charge >= 0.3 is 0 Å². The zero-order valence-corrected chi connectivity index (χ0v) is 20.7. The van der Waals surface area contributed by atoms with Crippen LogP contribution in [0.2, 0.25) is 0 Å². The van der Waals surface area contributed by atoms with E-state index in [4.69, 9.17) is 9.47 Å². The molecule has 10 heteroatoms. The molecular weight excluding hydrogens is 446 g/mol. The number of anilines is 1. The van der Waals surface area contributed by atoms with Crippen molar-refractivity contribution in [2.24, 2.45) is 0 Å². The van der Waals surface area contributed by atoms with Crippen LogP contribution in [-0.4, -0.2) is 69.7 Å². The maximum atomic E-state index is 13.7. The molecule has 1 aliphatic heterocycles. The van der Waals surface area contributed by atoms with Gasteiger partial charge in [-0.05, 0) is 19.8 Å². The number of ether oxygens (including phenoxy) is 2. The lowest BCUT2D eigenvalue weighted by atomic mass is 9.92. The number of rotatable bonds is 6. The molecule has 2 fully saturated rings. The molecule has 2 aliphatic rings. The molecule has 2 amide bonds. The van der Waals surface area contributed by atoms with Crippen molar-refractivity contribution < 1.29 is 27.5 Å². The predicted octanol–water partition coefficient (Wildman–Crippen LogP) is 2.30.